The maximum absolute atomic E-state index is 6.73. The van der Waals surface area contributed by atoms with Crippen molar-refractivity contribution in [3.63, 3.8) is 0 Å². The normalized spacial score (nSPS) is 18.6. The van der Waals surface area contributed by atoms with Crippen molar-refractivity contribution in [2.45, 2.75) is 83.0 Å². The third-order valence-corrected chi connectivity index (χ3v) is 9.64. The fourth-order valence-corrected chi connectivity index (χ4v) is 6.99. The van der Waals surface area contributed by atoms with Crippen LogP contribution in [0.5, 0.6) is 17.2 Å². The summed E-state index contributed by atoms with van der Waals surface area (Å²) in [7, 11) is 0. The molecule has 0 aromatic heterocycles. The summed E-state index contributed by atoms with van der Waals surface area (Å²) in [6.07, 6.45) is 10.3. The number of hydrogen-bond donors (Lipinski definition) is 0. The second-order valence-corrected chi connectivity index (χ2v) is 13.0. The van der Waals surface area contributed by atoms with E-state index >= 15 is 0 Å². The van der Waals surface area contributed by atoms with E-state index in [0.717, 1.165) is 55.5 Å². The summed E-state index contributed by atoms with van der Waals surface area (Å²) in [5.41, 5.74) is 4.89. The van der Waals surface area contributed by atoms with E-state index < -0.39 is 0 Å². The molecule has 0 saturated carbocycles. The minimum absolute atomic E-state index is 0.0792. The average molecular weight is 634 g/mol. The number of ether oxygens (including phenoxy) is 4. The van der Waals surface area contributed by atoms with Crippen molar-refractivity contribution >= 4 is 0 Å². The van der Waals surface area contributed by atoms with E-state index in [9.17, 15) is 0 Å². The maximum Gasteiger partial charge on any atom is 0.152 e. The smallest absolute Gasteiger partial charge is 0.152 e. The first kappa shape index (κ1) is 33.1. The molecular weight excluding hydrogens is 582 g/mol. The Morgan fingerprint density at radius 2 is 1.40 bits per heavy atom. The summed E-state index contributed by atoms with van der Waals surface area (Å²) in [5.74, 6) is 3.01. The summed E-state index contributed by atoms with van der Waals surface area (Å²) in [4.78, 5) is 2.46. The summed E-state index contributed by atoms with van der Waals surface area (Å²) >= 11 is 0. The molecule has 3 atom stereocenters. The Bertz CT molecular complexity index is 1470. The van der Waals surface area contributed by atoms with Crippen LogP contribution in [0.2, 0.25) is 0 Å². The molecule has 0 bridgehead atoms. The van der Waals surface area contributed by atoms with E-state index in [1.54, 1.807) is 0 Å². The van der Waals surface area contributed by atoms with Gasteiger partial charge in [0.25, 0.3) is 0 Å². The van der Waals surface area contributed by atoms with Crippen LogP contribution in [0, 0.1) is 0 Å². The Hall–Kier alpha value is -3.80. The maximum atomic E-state index is 6.73. The summed E-state index contributed by atoms with van der Waals surface area (Å²) in [6.45, 7) is 6.82. The number of hydrogen-bond acceptors (Lipinski definition) is 5. The molecule has 1 fully saturated rings. The second kappa shape index (κ2) is 17.4. The zero-order valence-electron chi connectivity index (χ0n) is 28.0. The number of fused-ring (bicyclic) bond motifs is 1. The Kier molecular flexibility index (Phi) is 12.2. The monoisotopic (exact) mass is 633 g/mol. The highest BCUT2D eigenvalue weighted by Crippen LogP contribution is 2.47. The fraction of sp³-hybridized carbons (Fsp3) is 0.429. The first-order chi connectivity index (χ1) is 23.3. The predicted molar refractivity (Wildman–Crippen MR) is 190 cm³/mol. The van der Waals surface area contributed by atoms with E-state index in [1.807, 2.05) is 18.2 Å². The van der Waals surface area contributed by atoms with Crippen LogP contribution in [0.15, 0.2) is 103 Å². The van der Waals surface area contributed by atoms with Crippen LogP contribution in [0.1, 0.15) is 92.4 Å². The van der Waals surface area contributed by atoms with Crippen LogP contribution in [0.25, 0.3) is 0 Å². The van der Waals surface area contributed by atoms with Crippen molar-refractivity contribution in [1.29, 1.82) is 0 Å². The molecule has 4 aromatic rings. The van der Waals surface area contributed by atoms with Crippen molar-refractivity contribution in [2.75, 3.05) is 32.9 Å². The molecule has 2 aliphatic heterocycles. The van der Waals surface area contributed by atoms with Gasteiger partial charge in [-0.15, -0.1) is 0 Å². The van der Waals surface area contributed by atoms with Gasteiger partial charge in [-0.25, -0.2) is 0 Å². The van der Waals surface area contributed by atoms with Gasteiger partial charge in [-0.05, 0) is 47.7 Å². The molecule has 0 spiro atoms. The lowest BCUT2D eigenvalue weighted by Gasteiger charge is -2.35. The molecule has 5 heteroatoms. The molecule has 2 heterocycles. The van der Waals surface area contributed by atoms with E-state index in [1.165, 1.54) is 61.6 Å². The SMILES string of the molecule is CCCCCCCCCC(Oc1ccc(C2c3ccc(OCc4ccccc4)cc3OCC2c2ccccc2)cc1)N1CCOCC1. The molecule has 0 aliphatic carbocycles. The number of rotatable bonds is 16. The van der Waals surface area contributed by atoms with E-state index in [2.05, 4.69) is 96.8 Å². The van der Waals surface area contributed by atoms with Crippen LogP contribution in [-0.4, -0.2) is 44.0 Å². The lowest BCUT2D eigenvalue weighted by atomic mass is 9.76. The highest BCUT2D eigenvalue weighted by atomic mass is 16.5. The molecule has 248 valence electrons. The van der Waals surface area contributed by atoms with Gasteiger partial charge in [0.15, 0.2) is 6.23 Å². The molecule has 4 aromatic carbocycles. The topological polar surface area (TPSA) is 40.2 Å². The van der Waals surface area contributed by atoms with E-state index in [4.69, 9.17) is 18.9 Å². The molecule has 47 heavy (non-hydrogen) atoms. The zero-order valence-corrected chi connectivity index (χ0v) is 28.0. The molecule has 1 saturated heterocycles. The van der Waals surface area contributed by atoms with Gasteiger partial charge in [-0.3, -0.25) is 4.90 Å². The number of nitrogens with zero attached hydrogens (tertiary/aromatic N) is 1. The Morgan fingerprint density at radius 1 is 0.723 bits per heavy atom. The minimum Gasteiger partial charge on any atom is -0.492 e. The largest absolute Gasteiger partial charge is 0.492 e. The van der Waals surface area contributed by atoms with Gasteiger partial charge in [0, 0.05) is 36.6 Å². The summed E-state index contributed by atoms with van der Waals surface area (Å²) in [6, 6.07) is 36.2. The lowest BCUT2D eigenvalue weighted by molar-refractivity contribution is -0.0497. The number of unbranched alkanes of at least 4 members (excludes halogenated alkanes) is 6. The second-order valence-electron chi connectivity index (χ2n) is 13.0. The van der Waals surface area contributed by atoms with Crippen LogP contribution in [-0.2, 0) is 11.3 Å². The highest BCUT2D eigenvalue weighted by Gasteiger charge is 2.34. The number of benzene rings is 4. The van der Waals surface area contributed by atoms with Crippen molar-refractivity contribution in [1.82, 2.24) is 4.90 Å². The standard InChI is InChI=1S/C42H51NO4/c1-2-3-4-5-6-7-14-19-41(43-26-28-44-29-27-43)47-36-22-20-35(21-23-36)42-38-25-24-37(45-31-33-15-10-8-11-16-33)30-40(38)46-32-39(42)34-17-12-9-13-18-34/h8-13,15-18,20-25,30,39,41-42H,2-7,14,19,26-29,31-32H2,1H3. The predicted octanol–water partition coefficient (Wildman–Crippen LogP) is 9.75. The molecule has 0 radical (unpaired) electrons. The van der Waals surface area contributed by atoms with Gasteiger partial charge in [0.05, 0.1) is 19.8 Å². The van der Waals surface area contributed by atoms with E-state index in [-0.39, 0.29) is 18.1 Å². The average Bonchev–Trinajstić information content (AvgIpc) is 3.14. The summed E-state index contributed by atoms with van der Waals surface area (Å²) < 4.78 is 25.0. The Labute approximate surface area is 281 Å². The van der Waals surface area contributed by atoms with Gasteiger partial charge >= 0.3 is 0 Å². The Balaban J connectivity index is 1.18. The van der Waals surface area contributed by atoms with Crippen LogP contribution >= 0.6 is 0 Å². The fourth-order valence-electron chi connectivity index (χ4n) is 6.99. The van der Waals surface area contributed by atoms with Gasteiger partial charge in [-0.2, -0.15) is 0 Å². The molecule has 5 nitrogen and oxygen atoms in total. The molecular formula is C42H51NO4. The van der Waals surface area contributed by atoms with Crippen LogP contribution in [0.4, 0.5) is 0 Å². The molecule has 2 aliphatic rings. The van der Waals surface area contributed by atoms with Crippen molar-refractivity contribution in [2.24, 2.45) is 0 Å². The van der Waals surface area contributed by atoms with Crippen molar-refractivity contribution in [3.05, 3.63) is 125 Å². The zero-order chi connectivity index (χ0) is 32.1. The van der Waals surface area contributed by atoms with Crippen molar-refractivity contribution < 1.29 is 18.9 Å². The molecule has 3 unspecified atom stereocenters. The lowest BCUT2D eigenvalue weighted by Crippen LogP contribution is -2.46. The van der Waals surface area contributed by atoms with Crippen molar-refractivity contribution in [3.8, 4) is 17.2 Å². The first-order valence-electron chi connectivity index (χ1n) is 17.9. The summed E-state index contributed by atoms with van der Waals surface area (Å²) in [5, 5.41) is 0. The minimum atomic E-state index is 0.0792. The molecule has 6 rings (SSSR count). The first-order valence-corrected chi connectivity index (χ1v) is 17.9. The van der Waals surface area contributed by atoms with Gasteiger partial charge in [0.1, 0.15) is 23.9 Å². The van der Waals surface area contributed by atoms with Crippen LogP contribution in [0.3, 0.4) is 0 Å². The Morgan fingerprint density at radius 3 is 2.15 bits per heavy atom. The van der Waals surface area contributed by atoms with Gasteiger partial charge < -0.3 is 18.9 Å². The highest BCUT2D eigenvalue weighted by molar-refractivity contribution is 5.51. The number of morpholine rings is 1. The third kappa shape index (κ3) is 9.18. The van der Waals surface area contributed by atoms with E-state index in [0.29, 0.717) is 13.2 Å². The third-order valence-electron chi connectivity index (χ3n) is 9.64. The van der Waals surface area contributed by atoms with Gasteiger partial charge in [-0.1, -0.05) is 124 Å². The quantitative estimate of drug-likeness (QED) is 0.115. The molecule has 0 amide bonds. The van der Waals surface area contributed by atoms with Crippen LogP contribution < -0.4 is 14.2 Å². The van der Waals surface area contributed by atoms with Gasteiger partial charge in [0.2, 0.25) is 0 Å². The molecule has 0 N–H and O–H groups in total.